The first-order chi connectivity index (χ1) is 11.6. The summed E-state index contributed by atoms with van der Waals surface area (Å²) in [5, 5.41) is 0.987. The number of aromatic nitrogens is 1. The van der Waals surface area contributed by atoms with E-state index in [9.17, 15) is 8.42 Å². The van der Waals surface area contributed by atoms with Gasteiger partial charge in [0, 0.05) is 23.0 Å². The minimum absolute atomic E-state index is 0.199. The van der Waals surface area contributed by atoms with Crippen LogP contribution in [-0.2, 0) is 16.4 Å². The number of para-hydroxylation sites is 1. The molecule has 0 saturated carbocycles. The van der Waals surface area contributed by atoms with Gasteiger partial charge in [0.05, 0.1) is 0 Å². The molecule has 0 radical (unpaired) electrons. The normalized spacial score (nSPS) is 11.7. The van der Waals surface area contributed by atoms with Crippen LogP contribution in [0.5, 0.6) is 5.75 Å². The zero-order valence-corrected chi connectivity index (χ0v) is 14.9. The molecule has 0 aliphatic carbocycles. The molecule has 2 heterocycles. The zero-order chi connectivity index (χ0) is 17.0. The second-order valence-corrected chi connectivity index (χ2v) is 8.31. The minimum Gasteiger partial charge on any atom is -0.490 e. The Labute approximate surface area is 145 Å². The molecular formula is C17H18N2O3S2. The van der Waals surface area contributed by atoms with Crippen LogP contribution >= 0.6 is 11.3 Å². The van der Waals surface area contributed by atoms with Crippen molar-refractivity contribution in [2.45, 2.75) is 17.6 Å². The summed E-state index contributed by atoms with van der Waals surface area (Å²) < 4.78 is 33.0. The number of hydrogen-bond acceptors (Lipinski definition) is 5. The molecule has 0 atom stereocenters. The monoisotopic (exact) mass is 362 g/mol. The topological polar surface area (TPSA) is 68.3 Å². The van der Waals surface area contributed by atoms with Gasteiger partial charge in [-0.05, 0) is 30.7 Å². The first-order valence-corrected chi connectivity index (χ1v) is 9.95. The van der Waals surface area contributed by atoms with Crippen LogP contribution < -0.4 is 9.46 Å². The standard InChI is InChI=1S/C17H18N2O3S2/c1-2-14-8-9-16(23-14)24(20,21)19-11-12-22-15-7-3-5-13-6-4-10-18-17(13)15/h3-10,19H,2,11-12H2,1H3. The number of rotatable bonds is 7. The lowest BCUT2D eigenvalue weighted by Crippen LogP contribution is -2.27. The summed E-state index contributed by atoms with van der Waals surface area (Å²) in [5.41, 5.74) is 0.772. The Hall–Kier alpha value is -1.96. The summed E-state index contributed by atoms with van der Waals surface area (Å²) in [5.74, 6) is 0.650. The van der Waals surface area contributed by atoms with E-state index in [1.807, 2.05) is 43.3 Å². The van der Waals surface area contributed by atoms with Crippen molar-refractivity contribution in [3.63, 3.8) is 0 Å². The maximum absolute atomic E-state index is 12.2. The smallest absolute Gasteiger partial charge is 0.250 e. The fourth-order valence-electron chi connectivity index (χ4n) is 2.29. The van der Waals surface area contributed by atoms with Crippen LogP contribution in [0, 0.1) is 0 Å². The number of fused-ring (bicyclic) bond motifs is 1. The van der Waals surface area contributed by atoms with Gasteiger partial charge in [-0.3, -0.25) is 4.98 Å². The fourth-order valence-corrected chi connectivity index (χ4v) is 4.65. The van der Waals surface area contributed by atoms with Crippen molar-refractivity contribution in [2.75, 3.05) is 13.2 Å². The van der Waals surface area contributed by atoms with Crippen LogP contribution in [-0.4, -0.2) is 26.6 Å². The highest BCUT2D eigenvalue weighted by Crippen LogP contribution is 2.23. The molecule has 0 fully saturated rings. The molecule has 0 bridgehead atoms. The summed E-state index contributed by atoms with van der Waals surface area (Å²) in [6, 6.07) is 13.0. The third kappa shape index (κ3) is 3.75. The number of benzene rings is 1. The molecule has 126 valence electrons. The molecule has 0 spiro atoms. The predicted molar refractivity (Wildman–Crippen MR) is 96.1 cm³/mol. The van der Waals surface area contributed by atoms with E-state index >= 15 is 0 Å². The van der Waals surface area contributed by atoms with Crippen molar-refractivity contribution in [3.05, 3.63) is 53.5 Å². The number of nitrogens with one attached hydrogen (secondary N) is 1. The molecule has 3 aromatic rings. The van der Waals surface area contributed by atoms with Gasteiger partial charge in [-0.25, -0.2) is 13.1 Å². The van der Waals surface area contributed by atoms with E-state index in [4.69, 9.17) is 4.74 Å². The number of ether oxygens (including phenoxy) is 1. The molecule has 1 N–H and O–H groups in total. The second kappa shape index (κ2) is 7.29. The van der Waals surface area contributed by atoms with Crippen molar-refractivity contribution < 1.29 is 13.2 Å². The molecule has 0 saturated heterocycles. The summed E-state index contributed by atoms with van der Waals surface area (Å²) in [4.78, 5) is 5.36. The predicted octanol–water partition coefficient (Wildman–Crippen LogP) is 3.22. The summed E-state index contributed by atoms with van der Waals surface area (Å²) in [6.45, 7) is 2.44. The van der Waals surface area contributed by atoms with Crippen molar-refractivity contribution in [1.29, 1.82) is 0 Å². The van der Waals surface area contributed by atoms with E-state index in [1.165, 1.54) is 11.3 Å². The van der Waals surface area contributed by atoms with Gasteiger partial charge in [-0.2, -0.15) is 0 Å². The molecule has 7 heteroatoms. The Morgan fingerprint density at radius 2 is 2.00 bits per heavy atom. The van der Waals surface area contributed by atoms with Crippen LogP contribution in [0.15, 0.2) is 52.9 Å². The summed E-state index contributed by atoms with van der Waals surface area (Å²) in [6.07, 6.45) is 2.54. The van der Waals surface area contributed by atoms with E-state index in [0.29, 0.717) is 9.96 Å². The number of pyridine rings is 1. The van der Waals surface area contributed by atoms with Crippen molar-refractivity contribution >= 4 is 32.3 Å². The second-order valence-electron chi connectivity index (χ2n) is 5.15. The molecule has 0 unspecified atom stereocenters. The van der Waals surface area contributed by atoms with Gasteiger partial charge in [0.15, 0.2) is 0 Å². The molecule has 2 aromatic heterocycles. The third-order valence-corrected chi connectivity index (χ3v) is 6.68. The van der Waals surface area contributed by atoms with Gasteiger partial charge in [-0.15, -0.1) is 11.3 Å². The quantitative estimate of drug-likeness (QED) is 0.655. The number of thiophene rings is 1. The zero-order valence-electron chi connectivity index (χ0n) is 13.2. The molecule has 0 aliphatic heterocycles. The Morgan fingerprint density at radius 3 is 2.79 bits per heavy atom. The first-order valence-electron chi connectivity index (χ1n) is 7.65. The average molecular weight is 362 g/mol. The Kier molecular flexibility index (Phi) is 5.13. The van der Waals surface area contributed by atoms with E-state index in [-0.39, 0.29) is 13.2 Å². The Balaban J connectivity index is 1.60. The molecule has 1 aromatic carbocycles. The number of nitrogens with zero attached hydrogens (tertiary/aromatic N) is 1. The SMILES string of the molecule is CCc1ccc(S(=O)(=O)NCCOc2cccc3cccnc23)s1. The van der Waals surface area contributed by atoms with Gasteiger partial charge in [0.1, 0.15) is 22.1 Å². The minimum atomic E-state index is -3.47. The lowest BCUT2D eigenvalue weighted by atomic mass is 10.2. The Morgan fingerprint density at radius 1 is 1.17 bits per heavy atom. The summed E-state index contributed by atoms with van der Waals surface area (Å²) in [7, 11) is -3.47. The highest BCUT2D eigenvalue weighted by atomic mass is 32.2. The number of aryl methyl sites for hydroxylation is 1. The van der Waals surface area contributed by atoms with E-state index in [2.05, 4.69) is 9.71 Å². The maximum atomic E-state index is 12.2. The van der Waals surface area contributed by atoms with Gasteiger partial charge in [0.2, 0.25) is 10.0 Å². The number of hydrogen-bond donors (Lipinski definition) is 1. The largest absolute Gasteiger partial charge is 0.490 e. The molecule has 5 nitrogen and oxygen atoms in total. The van der Waals surface area contributed by atoms with E-state index in [1.54, 1.807) is 12.3 Å². The lowest BCUT2D eigenvalue weighted by Gasteiger charge is -2.09. The van der Waals surface area contributed by atoms with E-state index in [0.717, 1.165) is 22.2 Å². The molecular weight excluding hydrogens is 344 g/mol. The Bertz CT molecular complexity index is 930. The van der Waals surface area contributed by atoms with Crippen LogP contribution in [0.3, 0.4) is 0 Å². The van der Waals surface area contributed by atoms with Crippen molar-refractivity contribution in [1.82, 2.24) is 9.71 Å². The molecule has 3 rings (SSSR count). The first kappa shape index (κ1) is 16.9. The van der Waals surface area contributed by atoms with Gasteiger partial charge < -0.3 is 4.74 Å². The third-order valence-electron chi connectivity index (χ3n) is 3.50. The average Bonchev–Trinajstić information content (AvgIpc) is 3.09. The van der Waals surface area contributed by atoms with Gasteiger partial charge >= 0.3 is 0 Å². The number of sulfonamides is 1. The van der Waals surface area contributed by atoms with Crippen LogP contribution in [0.1, 0.15) is 11.8 Å². The van der Waals surface area contributed by atoms with Crippen LogP contribution in [0.4, 0.5) is 0 Å². The van der Waals surface area contributed by atoms with Crippen LogP contribution in [0.25, 0.3) is 10.9 Å². The van der Waals surface area contributed by atoms with Crippen molar-refractivity contribution in [2.24, 2.45) is 0 Å². The van der Waals surface area contributed by atoms with Crippen LogP contribution in [0.2, 0.25) is 0 Å². The van der Waals surface area contributed by atoms with Gasteiger partial charge in [0.25, 0.3) is 0 Å². The fraction of sp³-hybridized carbons (Fsp3) is 0.235. The highest BCUT2D eigenvalue weighted by molar-refractivity contribution is 7.91. The molecule has 0 aliphatic rings. The van der Waals surface area contributed by atoms with Crippen molar-refractivity contribution in [3.8, 4) is 5.75 Å². The lowest BCUT2D eigenvalue weighted by molar-refractivity contribution is 0.326. The maximum Gasteiger partial charge on any atom is 0.250 e. The van der Waals surface area contributed by atoms with E-state index < -0.39 is 10.0 Å². The molecule has 0 amide bonds. The summed E-state index contributed by atoms with van der Waals surface area (Å²) >= 11 is 1.29. The highest BCUT2D eigenvalue weighted by Gasteiger charge is 2.16. The van der Waals surface area contributed by atoms with Gasteiger partial charge in [-0.1, -0.05) is 25.1 Å². The molecule has 24 heavy (non-hydrogen) atoms.